The zero-order chi connectivity index (χ0) is 12.7. The zero-order valence-corrected chi connectivity index (χ0v) is 10.7. The van der Waals surface area contributed by atoms with E-state index in [1.165, 1.54) is 0 Å². The number of nitrogens with zero attached hydrogens (tertiary/aromatic N) is 1. The molecule has 2 N–H and O–H groups in total. The molecule has 0 fully saturated rings. The third kappa shape index (κ3) is 5.49. The van der Waals surface area contributed by atoms with Gasteiger partial charge in [0.1, 0.15) is 0 Å². The van der Waals surface area contributed by atoms with Crippen molar-refractivity contribution in [3.05, 3.63) is 18.0 Å². The van der Waals surface area contributed by atoms with Crippen LogP contribution in [0.3, 0.4) is 0 Å². The van der Waals surface area contributed by atoms with Crippen LogP contribution in [0.25, 0.3) is 0 Å². The highest BCUT2D eigenvalue weighted by atomic mass is 16.5. The van der Waals surface area contributed by atoms with Crippen molar-refractivity contribution in [2.45, 2.75) is 26.7 Å². The van der Waals surface area contributed by atoms with E-state index < -0.39 is 0 Å². The molecule has 0 aliphatic rings. The molecule has 5 nitrogen and oxygen atoms in total. The Balaban J connectivity index is 2.21. The van der Waals surface area contributed by atoms with Crippen LogP contribution in [0.2, 0.25) is 0 Å². The smallest absolute Gasteiger partial charge is 0.220 e. The molecule has 0 saturated carbocycles. The fourth-order valence-electron chi connectivity index (χ4n) is 1.54. The van der Waals surface area contributed by atoms with Crippen molar-refractivity contribution in [1.29, 1.82) is 0 Å². The average Bonchev–Trinajstić information content (AvgIpc) is 2.76. The Kier molecular flexibility index (Phi) is 5.15. The third-order valence-electron chi connectivity index (χ3n) is 2.49. The molecule has 0 atom stereocenters. The molecule has 1 amide bonds. The van der Waals surface area contributed by atoms with E-state index in [2.05, 4.69) is 29.4 Å². The second-order valence-electron chi connectivity index (χ2n) is 4.98. The van der Waals surface area contributed by atoms with E-state index in [1.54, 1.807) is 13.3 Å². The van der Waals surface area contributed by atoms with Crippen molar-refractivity contribution >= 4 is 5.91 Å². The lowest BCUT2D eigenvalue weighted by molar-refractivity contribution is -0.121. The molecule has 0 aliphatic heterocycles. The SMILES string of the molecule is COCC(C)(C)CNC(=O)CCc1cn[nH]c1. The number of aryl methyl sites for hydroxylation is 1. The molecule has 0 saturated heterocycles. The van der Waals surface area contributed by atoms with Crippen molar-refractivity contribution in [3.63, 3.8) is 0 Å². The van der Waals surface area contributed by atoms with Crippen molar-refractivity contribution in [2.24, 2.45) is 5.41 Å². The minimum atomic E-state index is -0.0277. The minimum absolute atomic E-state index is 0.0277. The Morgan fingerprint density at radius 2 is 2.35 bits per heavy atom. The van der Waals surface area contributed by atoms with Gasteiger partial charge in [-0.2, -0.15) is 5.10 Å². The van der Waals surface area contributed by atoms with Gasteiger partial charge in [-0.25, -0.2) is 0 Å². The van der Waals surface area contributed by atoms with Gasteiger partial charge in [-0.1, -0.05) is 13.8 Å². The molecule has 5 heteroatoms. The lowest BCUT2D eigenvalue weighted by Crippen LogP contribution is -2.36. The van der Waals surface area contributed by atoms with Gasteiger partial charge in [0, 0.05) is 31.7 Å². The fourth-order valence-corrected chi connectivity index (χ4v) is 1.54. The summed E-state index contributed by atoms with van der Waals surface area (Å²) in [5.74, 6) is 0.0652. The number of rotatable bonds is 7. The third-order valence-corrected chi connectivity index (χ3v) is 2.49. The number of methoxy groups -OCH3 is 1. The molecule has 1 heterocycles. The van der Waals surface area contributed by atoms with Crippen LogP contribution in [0, 0.1) is 5.41 Å². The highest BCUT2D eigenvalue weighted by molar-refractivity contribution is 5.76. The normalized spacial score (nSPS) is 11.5. The van der Waals surface area contributed by atoms with E-state index in [9.17, 15) is 4.79 Å². The summed E-state index contributed by atoms with van der Waals surface area (Å²) in [6, 6.07) is 0. The standard InChI is InChI=1S/C12H21N3O2/c1-12(2,9-17-3)8-13-11(16)5-4-10-6-14-15-7-10/h6-7H,4-5,8-9H2,1-3H3,(H,13,16)(H,14,15). The Labute approximate surface area is 102 Å². The largest absolute Gasteiger partial charge is 0.384 e. The molecule has 1 aromatic heterocycles. The van der Waals surface area contributed by atoms with Crippen LogP contribution in [-0.4, -0.2) is 36.4 Å². The summed E-state index contributed by atoms with van der Waals surface area (Å²) in [6.45, 7) is 5.39. The van der Waals surface area contributed by atoms with Gasteiger partial charge in [-0.05, 0) is 12.0 Å². The van der Waals surface area contributed by atoms with Gasteiger partial charge in [-0.15, -0.1) is 0 Å². The van der Waals surface area contributed by atoms with Crippen LogP contribution in [0.15, 0.2) is 12.4 Å². The minimum Gasteiger partial charge on any atom is -0.384 e. The summed E-state index contributed by atoms with van der Waals surface area (Å²) in [7, 11) is 1.67. The van der Waals surface area contributed by atoms with E-state index in [1.807, 2.05) is 6.20 Å². The molecule has 0 unspecified atom stereocenters. The predicted octanol–water partition coefficient (Wildman–Crippen LogP) is 1.13. The summed E-state index contributed by atoms with van der Waals surface area (Å²) in [5, 5.41) is 9.49. The second kappa shape index (κ2) is 6.39. The summed E-state index contributed by atoms with van der Waals surface area (Å²) in [5.41, 5.74) is 1.02. The number of H-pyrrole nitrogens is 1. The number of ether oxygens (including phenoxy) is 1. The van der Waals surface area contributed by atoms with E-state index in [0.717, 1.165) is 5.56 Å². The Hall–Kier alpha value is -1.36. The van der Waals surface area contributed by atoms with E-state index >= 15 is 0 Å². The predicted molar refractivity (Wildman–Crippen MR) is 65.6 cm³/mol. The first kappa shape index (κ1) is 13.7. The number of hydrogen-bond donors (Lipinski definition) is 2. The highest BCUT2D eigenvalue weighted by Gasteiger charge is 2.18. The van der Waals surface area contributed by atoms with Gasteiger partial charge >= 0.3 is 0 Å². The summed E-state index contributed by atoms with van der Waals surface area (Å²) >= 11 is 0. The number of nitrogens with one attached hydrogen (secondary N) is 2. The molecular weight excluding hydrogens is 218 g/mol. The molecule has 0 aromatic carbocycles. The number of aromatic nitrogens is 2. The lowest BCUT2D eigenvalue weighted by atomic mass is 9.95. The quantitative estimate of drug-likeness (QED) is 0.749. The molecule has 0 radical (unpaired) electrons. The molecule has 96 valence electrons. The first-order chi connectivity index (χ1) is 8.03. The maximum absolute atomic E-state index is 11.6. The van der Waals surface area contributed by atoms with Gasteiger partial charge < -0.3 is 10.1 Å². The van der Waals surface area contributed by atoms with Gasteiger partial charge in [0.25, 0.3) is 0 Å². The topological polar surface area (TPSA) is 67.0 Å². The maximum atomic E-state index is 11.6. The fraction of sp³-hybridized carbons (Fsp3) is 0.667. The lowest BCUT2D eigenvalue weighted by Gasteiger charge is -2.23. The first-order valence-electron chi connectivity index (χ1n) is 5.77. The molecule has 0 bridgehead atoms. The molecule has 17 heavy (non-hydrogen) atoms. The summed E-state index contributed by atoms with van der Waals surface area (Å²) in [6.07, 6.45) is 4.75. The monoisotopic (exact) mass is 239 g/mol. The van der Waals surface area contributed by atoms with Crippen molar-refractivity contribution in [2.75, 3.05) is 20.3 Å². The number of aromatic amines is 1. The molecule has 1 rings (SSSR count). The molecule has 0 aliphatic carbocycles. The molecular formula is C12H21N3O2. The van der Waals surface area contributed by atoms with Crippen molar-refractivity contribution in [3.8, 4) is 0 Å². The Morgan fingerprint density at radius 1 is 1.59 bits per heavy atom. The van der Waals surface area contributed by atoms with Crippen molar-refractivity contribution < 1.29 is 9.53 Å². The maximum Gasteiger partial charge on any atom is 0.220 e. The van der Waals surface area contributed by atoms with Crippen LogP contribution in [0.1, 0.15) is 25.8 Å². The number of amides is 1. The van der Waals surface area contributed by atoms with Gasteiger partial charge in [-0.3, -0.25) is 9.89 Å². The van der Waals surface area contributed by atoms with Crippen LogP contribution < -0.4 is 5.32 Å². The number of hydrogen-bond acceptors (Lipinski definition) is 3. The Bertz CT molecular complexity index is 334. The van der Waals surface area contributed by atoms with Crippen LogP contribution in [0.5, 0.6) is 0 Å². The van der Waals surface area contributed by atoms with E-state index in [-0.39, 0.29) is 11.3 Å². The van der Waals surface area contributed by atoms with E-state index in [4.69, 9.17) is 4.74 Å². The number of carbonyl (C=O) groups is 1. The van der Waals surface area contributed by atoms with Crippen molar-refractivity contribution in [1.82, 2.24) is 15.5 Å². The van der Waals surface area contributed by atoms with Crippen LogP contribution >= 0.6 is 0 Å². The van der Waals surface area contributed by atoms with Gasteiger partial charge in [0.2, 0.25) is 5.91 Å². The highest BCUT2D eigenvalue weighted by Crippen LogP contribution is 2.13. The average molecular weight is 239 g/mol. The summed E-state index contributed by atoms with van der Waals surface area (Å²) in [4.78, 5) is 11.6. The molecule has 0 spiro atoms. The molecule has 1 aromatic rings. The second-order valence-corrected chi connectivity index (χ2v) is 4.98. The number of carbonyl (C=O) groups excluding carboxylic acids is 1. The van der Waals surface area contributed by atoms with Crippen LogP contribution in [-0.2, 0) is 16.0 Å². The zero-order valence-electron chi connectivity index (χ0n) is 10.7. The summed E-state index contributed by atoms with van der Waals surface area (Å²) < 4.78 is 5.09. The van der Waals surface area contributed by atoms with Gasteiger partial charge in [0.05, 0.1) is 12.8 Å². The Morgan fingerprint density at radius 3 is 2.94 bits per heavy atom. The van der Waals surface area contributed by atoms with E-state index in [0.29, 0.717) is 26.0 Å². The van der Waals surface area contributed by atoms with Gasteiger partial charge in [0.15, 0.2) is 0 Å². The van der Waals surface area contributed by atoms with Crippen LogP contribution in [0.4, 0.5) is 0 Å². The first-order valence-corrected chi connectivity index (χ1v) is 5.77.